The van der Waals surface area contributed by atoms with Gasteiger partial charge in [0.15, 0.2) is 0 Å². The third-order valence-corrected chi connectivity index (χ3v) is 5.62. The molecule has 0 radical (unpaired) electrons. The van der Waals surface area contributed by atoms with Gasteiger partial charge in [-0.25, -0.2) is 8.42 Å². The summed E-state index contributed by atoms with van der Waals surface area (Å²) < 4.78 is 28.3. The molecule has 0 aliphatic carbocycles. The zero-order valence-electron chi connectivity index (χ0n) is 10.2. The second-order valence-electron chi connectivity index (χ2n) is 4.01. The molecule has 0 saturated heterocycles. The number of para-hydroxylation sites is 1. The van der Waals surface area contributed by atoms with E-state index < -0.39 is 10.0 Å². The molecule has 0 aromatic heterocycles. The lowest BCUT2D eigenvalue weighted by Crippen LogP contribution is -2.14. The molecule has 7 heteroatoms. The first-order valence-electron chi connectivity index (χ1n) is 5.60. The molecule has 0 aliphatic heterocycles. The molecule has 4 nitrogen and oxygen atoms in total. The number of anilines is 1. The first-order valence-corrected chi connectivity index (χ1v) is 8.67. The highest BCUT2D eigenvalue weighted by Gasteiger charge is 2.18. The van der Waals surface area contributed by atoms with Gasteiger partial charge in [0, 0.05) is 8.95 Å². The third-order valence-electron chi connectivity index (χ3n) is 2.59. The molecule has 20 heavy (non-hydrogen) atoms. The number of hydrogen-bond donors (Lipinski definition) is 2. The predicted molar refractivity (Wildman–Crippen MR) is 85.0 cm³/mol. The summed E-state index contributed by atoms with van der Waals surface area (Å²) in [5, 5.41) is 9.04. The average molecular weight is 421 g/mol. The quantitative estimate of drug-likeness (QED) is 0.795. The first-order chi connectivity index (χ1) is 9.44. The van der Waals surface area contributed by atoms with Crippen LogP contribution in [0.25, 0.3) is 0 Å². The van der Waals surface area contributed by atoms with Gasteiger partial charge in [-0.3, -0.25) is 4.72 Å². The number of aliphatic hydroxyl groups is 1. The van der Waals surface area contributed by atoms with Crippen LogP contribution in [0.2, 0.25) is 0 Å². The van der Waals surface area contributed by atoms with Crippen molar-refractivity contribution in [3.8, 4) is 0 Å². The van der Waals surface area contributed by atoms with Crippen molar-refractivity contribution < 1.29 is 13.5 Å². The lowest BCUT2D eigenvalue weighted by Gasteiger charge is -2.11. The van der Waals surface area contributed by atoms with E-state index in [1.165, 1.54) is 6.07 Å². The fourth-order valence-corrected chi connectivity index (χ4v) is 4.33. The minimum atomic E-state index is -3.70. The van der Waals surface area contributed by atoms with Gasteiger partial charge in [-0.15, -0.1) is 0 Å². The average Bonchev–Trinajstić information content (AvgIpc) is 2.40. The molecule has 0 saturated carbocycles. The Bertz CT molecular complexity index is 732. The van der Waals surface area contributed by atoms with E-state index in [2.05, 4.69) is 36.6 Å². The van der Waals surface area contributed by atoms with E-state index in [1.54, 1.807) is 36.4 Å². The van der Waals surface area contributed by atoms with Gasteiger partial charge < -0.3 is 5.11 Å². The normalized spacial score (nSPS) is 11.3. The van der Waals surface area contributed by atoms with E-state index >= 15 is 0 Å². The van der Waals surface area contributed by atoms with E-state index in [0.717, 1.165) is 0 Å². The van der Waals surface area contributed by atoms with Crippen LogP contribution in [0, 0.1) is 0 Å². The van der Waals surface area contributed by atoms with Crippen LogP contribution in [0.4, 0.5) is 5.69 Å². The molecule has 0 atom stereocenters. The highest BCUT2D eigenvalue weighted by molar-refractivity contribution is 9.11. The zero-order chi connectivity index (χ0) is 14.8. The van der Waals surface area contributed by atoms with Crippen LogP contribution in [-0.4, -0.2) is 13.5 Å². The smallest absolute Gasteiger partial charge is 0.263 e. The molecule has 0 spiro atoms. The second-order valence-corrected chi connectivity index (χ2v) is 7.37. The molecule has 0 bridgehead atoms. The van der Waals surface area contributed by atoms with E-state index in [-0.39, 0.29) is 11.5 Å². The molecule has 0 fully saturated rings. The number of sulfonamides is 1. The minimum absolute atomic E-state index is 0.116. The summed E-state index contributed by atoms with van der Waals surface area (Å²) in [4.78, 5) is 0.116. The van der Waals surface area contributed by atoms with E-state index in [1.807, 2.05) is 0 Å². The van der Waals surface area contributed by atoms with Gasteiger partial charge in [-0.1, -0.05) is 18.2 Å². The molecule has 2 aromatic rings. The van der Waals surface area contributed by atoms with Crippen molar-refractivity contribution in [3.05, 3.63) is 57.0 Å². The highest BCUT2D eigenvalue weighted by Crippen LogP contribution is 2.28. The van der Waals surface area contributed by atoms with E-state index in [9.17, 15) is 8.42 Å². The van der Waals surface area contributed by atoms with Crippen molar-refractivity contribution in [2.75, 3.05) is 4.72 Å². The van der Waals surface area contributed by atoms with Crippen LogP contribution in [0.3, 0.4) is 0 Å². The summed E-state index contributed by atoms with van der Waals surface area (Å²) >= 11 is 6.50. The molecule has 0 aliphatic rings. The highest BCUT2D eigenvalue weighted by atomic mass is 79.9. The molecule has 106 valence electrons. The van der Waals surface area contributed by atoms with Crippen LogP contribution >= 0.6 is 31.9 Å². The number of nitrogens with one attached hydrogen (secondary N) is 1. The standard InChI is InChI=1S/C13H11Br2NO3S/c14-10-3-1-2-4-12(10)16-20(18,19)13-6-5-9(8-17)7-11(13)15/h1-7,16-17H,8H2. The summed E-state index contributed by atoms with van der Waals surface area (Å²) in [6.45, 7) is -0.142. The number of aliphatic hydroxyl groups excluding tert-OH is 1. The summed E-state index contributed by atoms with van der Waals surface area (Å²) in [6, 6.07) is 11.6. The fraction of sp³-hybridized carbons (Fsp3) is 0.0769. The number of rotatable bonds is 4. The molecule has 2 N–H and O–H groups in total. The maximum Gasteiger partial charge on any atom is 0.263 e. The Morgan fingerprint density at radius 3 is 2.35 bits per heavy atom. The molecule has 2 rings (SSSR count). The van der Waals surface area contributed by atoms with Crippen molar-refractivity contribution in [3.63, 3.8) is 0 Å². The summed E-state index contributed by atoms with van der Waals surface area (Å²) in [7, 11) is -3.70. The van der Waals surface area contributed by atoms with Gasteiger partial charge in [-0.2, -0.15) is 0 Å². The summed E-state index contributed by atoms with van der Waals surface area (Å²) in [6.07, 6.45) is 0. The fourth-order valence-electron chi connectivity index (χ4n) is 1.60. The Kier molecular flexibility index (Phi) is 4.85. The molecular weight excluding hydrogens is 410 g/mol. The van der Waals surface area contributed by atoms with Crippen LogP contribution < -0.4 is 4.72 Å². The Morgan fingerprint density at radius 2 is 1.75 bits per heavy atom. The maximum absolute atomic E-state index is 12.3. The van der Waals surface area contributed by atoms with Crippen molar-refractivity contribution in [1.29, 1.82) is 0 Å². The summed E-state index contributed by atoms with van der Waals surface area (Å²) in [5.41, 5.74) is 1.10. The van der Waals surface area contributed by atoms with Gasteiger partial charge >= 0.3 is 0 Å². The maximum atomic E-state index is 12.3. The molecule has 0 amide bonds. The Balaban J connectivity index is 2.39. The SMILES string of the molecule is O=S(=O)(Nc1ccccc1Br)c1ccc(CO)cc1Br. The Labute approximate surface area is 134 Å². The van der Waals surface area contributed by atoms with Crippen LogP contribution in [0.1, 0.15) is 5.56 Å². The number of hydrogen-bond acceptors (Lipinski definition) is 3. The van der Waals surface area contributed by atoms with Crippen molar-refractivity contribution >= 4 is 47.6 Å². The number of halogens is 2. The van der Waals surface area contributed by atoms with E-state index in [4.69, 9.17) is 5.11 Å². The van der Waals surface area contributed by atoms with Gasteiger partial charge in [0.2, 0.25) is 0 Å². The lowest BCUT2D eigenvalue weighted by atomic mass is 10.2. The lowest BCUT2D eigenvalue weighted by molar-refractivity contribution is 0.281. The van der Waals surface area contributed by atoms with Crippen LogP contribution in [-0.2, 0) is 16.6 Å². The Morgan fingerprint density at radius 1 is 1.05 bits per heavy atom. The monoisotopic (exact) mass is 419 g/mol. The molecular formula is C13H11Br2NO3S. The summed E-state index contributed by atoms with van der Waals surface area (Å²) in [5.74, 6) is 0. The molecule has 0 unspecified atom stereocenters. The predicted octanol–water partition coefficient (Wildman–Crippen LogP) is 3.50. The first kappa shape index (κ1) is 15.5. The van der Waals surface area contributed by atoms with Crippen molar-refractivity contribution in [2.24, 2.45) is 0 Å². The molecule has 0 heterocycles. The van der Waals surface area contributed by atoms with E-state index in [0.29, 0.717) is 20.2 Å². The van der Waals surface area contributed by atoms with Gasteiger partial charge in [-0.05, 0) is 61.7 Å². The van der Waals surface area contributed by atoms with Gasteiger partial charge in [0.25, 0.3) is 10.0 Å². The zero-order valence-corrected chi connectivity index (χ0v) is 14.2. The van der Waals surface area contributed by atoms with Crippen LogP contribution in [0.5, 0.6) is 0 Å². The van der Waals surface area contributed by atoms with Crippen LogP contribution in [0.15, 0.2) is 56.3 Å². The van der Waals surface area contributed by atoms with Gasteiger partial charge in [0.05, 0.1) is 12.3 Å². The topological polar surface area (TPSA) is 66.4 Å². The Hall–Kier alpha value is -0.890. The largest absolute Gasteiger partial charge is 0.392 e. The number of benzene rings is 2. The van der Waals surface area contributed by atoms with Crippen molar-refractivity contribution in [1.82, 2.24) is 0 Å². The van der Waals surface area contributed by atoms with Gasteiger partial charge in [0.1, 0.15) is 4.90 Å². The molecule has 2 aromatic carbocycles. The second kappa shape index (κ2) is 6.26. The third kappa shape index (κ3) is 3.41. The van der Waals surface area contributed by atoms with Crippen molar-refractivity contribution in [2.45, 2.75) is 11.5 Å². The minimum Gasteiger partial charge on any atom is -0.392 e.